The molecule has 1 aliphatic heterocycles. The van der Waals surface area contributed by atoms with Gasteiger partial charge < -0.3 is 14.8 Å². The fraction of sp³-hybridized carbons (Fsp3) is 0.278. The first-order valence-corrected chi connectivity index (χ1v) is 9.71. The summed E-state index contributed by atoms with van der Waals surface area (Å²) in [6.45, 7) is 4.31. The summed E-state index contributed by atoms with van der Waals surface area (Å²) in [5, 5.41) is 2.76. The topological polar surface area (TPSA) is 93.7 Å². The molecule has 0 bridgehead atoms. The smallest absolute Gasteiger partial charge is 0.262 e. The van der Waals surface area contributed by atoms with Gasteiger partial charge in [0.2, 0.25) is 5.91 Å². The van der Waals surface area contributed by atoms with Crippen molar-refractivity contribution in [3.8, 4) is 11.5 Å². The van der Waals surface area contributed by atoms with E-state index in [0.29, 0.717) is 48.1 Å². The number of hydrogen-bond donors (Lipinski definition) is 2. The predicted octanol–water partition coefficient (Wildman–Crippen LogP) is 2.92. The lowest BCUT2D eigenvalue weighted by molar-refractivity contribution is -0.115. The van der Waals surface area contributed by atoms with Crippen molar-refractivity contribution in [1.29, 1.82) is 0 Å². The molecular weight excluding hydrogens is 356 g/mol. The molecule has 2 aromatic carbocycles. The highest BCUT2D eigenvalue weighted by molar-refractivity contribution is 7.92. The van der Waals surface area contributed by atoms with Crippen LogP contribution in [0.15, 0.2) is 41.3 Å². The summed E-state index contributed by atoms with van der Waals surface area (Å²) in [5.41, 5.74) is 1.60. The van der Waals surface area contributed by atoms with Crippen molar-refractivity contribution in [2.45, 2.75) is 25.2 Å². The largest absolute Gasteiger partial charge is 0.486 e. The lowest BCUT2D eigenvalue weighted by atomic mass is 10.1. The molecule has 1 amide bonds. The zero-order valence-corrected chi connectivity index (χ0v) is 15.4. The van der Waals surface area contributed by atoms with Gasteiger partial charge in [0.15, 0.2) is 11.5 Å². The number of ether oxygens (including phenoxy) is 2. The maximum atomic E-state index is 12.7. The standard InChI is InChI=1S/C18H20N2O5S/c1-3-18(21)19-14-5-4-6-15(12(14)2)20-26(22,23)13-7-8-16-17(11-13)25-10-9-24-16/h4-8,11,20H,3,9-10H2,1-2H3,(H,19,21). The average molecular weight is 376 g/mol. The molecule has 3 rings (SSSR count). The van der Waals surface area contributed by atoms with Gasteiger partial charge >= 0.3 is 0 Å². The second-order valence-corrected chi connectivity index (χ2v) is 7.47. The molecule has 2 aromatic rings. The summed E-state index contributed by atoms with van der Waals surface area (Å²) in [7, 11) is -3.82. The van der Waals surface area contributed by atoms with Crippen LogP contribution in [0.2, 0.25) is 0 Å². The van der Waals surface area contributed by atoms with E-state index < -0.39 is 10.0 Å². The van der Waals surface area contributed by atoms with E-state index in [-0.39, 0.29) is 10.8 Å². The Morgan fingerprint density at radius 3 is 2.50 bits per heavy atom. The van der Waals surface area contributed by atoms with Crippen LogP contribution in [0.5, 0.6) is 11.5 Å². The van der Waals surface area contributed by atoms with Crippen molar-refractivity contribution in [3.63, 3.8) is 0 Å². The van der Waals surface area contributed by atoms with E-state index in [0.717, 1.165) is 0 Å². The van der Waals surface area contributed by atoms with Crippen molar-refractivity contribution < 1.29 is 22.7 Å². The van der Waals surface area contributed by atoms with Crippen molar-refractivity contribution in [3.05, 3.63) is 42.0 Å². The molecule has 0 saturated heterocycles. The third-order valence-electron chi connectivity index (χ3n) is 4.00. The Kier molecular flexibility index (Phi) is 5.03. The van der Waals surface area contributed by atoms with Crippen LogP contribution in [0.4, 0.5) is 11.4 Å². The number of sulfonamides is 1. The normalized spacial score (nSPS) is 13.2. The maximum absolute atomic E-state index is 12.7. The second kappa shape index (κ2) is 7.25. The van der Waals surface area contributed by atoms with E-state index in [4.69, 9.17) is 9.47 Å². The minimum Gasteiger partial charge on any atom is -0.486 e. The molecule has 0 aliphatic carbocycles. The Hall–Kier alpha value is -2.74. The van der Waals surface area contributed by atoms with Gasteiger partial charge in [-0.3, -0.25) is 9.52 Å². The lowest BCUT2D eigenvalue weighted by Crippen LogP contribution is -2.18. The number of nitrogens with one attached hydrogen (secondary N) is 2. The quantitative estimate of drug-likeness (QED) is 0.837. The molecule has 0 atom stereocenters. The van der Waals surface area contributed by atoms with E-state index in [1.165, 1.54) is 12.1 Å². The number of rotatable bonds is 5. The Morgan fingerprint density at radius 1 is 1.08 bits per heavy atom. The van der Waals surface area contributed by atoms with Gasteiger partial charge in [0.25, 0.3) is 10.0 Å². The molecule has 138 valence electrons. The maximum Gasteiger partial charge on any atom is 0.262 e. The highest BCUT2D eigenvalue weighted by Crippen LogP contribution is 2.33. The first-order chi connectivity index (χ1) is 12.4. The first-order valence-electron chi connectivity index (χ1n) is 8.22. The minimum absolute atomic E-state index is 0.0733. The third-order valence-corrected chi connectivity index (χ3v) is 5.36. The Bertz CT molecular complexity index is 941. The third kappa shape index (κ3) is 3.75. The second-order valence-electron chi connectivity index (χ2n) is 5.79. The van der Waals surface area contributed by atoms with Crippen LogP contribution in [-0.4, -0.2) is 27.5 Å². The summed E-state index contributed by atoms with van der Waals surface area (Å²) >= 11 is 0. The zero-order valence-electron chi connectivity index (χ0n) is 14.5. The molecule has 7 nitrogen and oxygen atoms in total. The number of amides is 1. The summed E-state index contributed by atoms with van der Waals surface area (Å²) < 4.78 is 38.9. The number of fused-ring (bicyclic) bond motifs is 1. The van der Waals surface area contributed by atoms with E-state index >= 15 is 0 Å². The van der Waals surface area contributed by atoms with Crippen LogP contribution in [0.3, 0.4) is 0 Å². The van der Waals surface area contributed by atoms with Gasteiger partial charge in [-0.1, -0.05) is 13.0 Å². The van der Waals surface area contributed by atoms with E-state index in [1.54, 1.807) is 38.1 Å². The lowest BCUT2D eigenvalue weighted by Gasteiger charge is -2.19. The van der Waals surface area contributed by atoms with Crippen LogP contribution in [0.1, 0.15) is 18.9 Å². The molecule has 0 radical (unpaired) electrons. The number of hydrogen-bond acceptors (Lipinski definition) is 5. The van der Waals surface area contributed by atoms with Gasteiger partial charge in [0, 0.05) is 18.2 Å². The van der Waals surface area contributed by atoms with E-state index in [1.807, 2.05) is 0 Å². The molecule has 26 heavy (non-hydrogen) atoms. The van der Waals surface area contributed by atoms with Gasteiger partial charge in [0.05, 0.1) is 10.6 Å². The van der Waals surface area contributed by atoms with Gasteiger partial charge in [-0.15, -0.1) is 0 Å². The van der Waals surface area contributed by atoms with E-state index in [9.17, 15) is 13.2 Å². The highest BCUT2D eigenvalue weighted by atomic mass is 32.2. The van der Waals surface area contributed by atoms with Crippen molar-refractivity contribution in [1.82, 2.24) is 0 Å². The fourth-order valence-corrected chi connectivity index (χ4v) is 3.65. The molecule has 0 unspecified atom stereocenters. The summed E-state index contributed by atoms with van der Waals surface area (Å²) in [5.74, 6) is 0.787. The number of carbonyl (C=O) groups excluding carboxylic acids is 1. The molecule has 8 heteroatoms. The molecule has 0 saturated carbocycles. The van der Waals surface area contributed by atoms with Crippen LogP contribution < -0.4 is 19.5 Å². The monoisotopic (exact) mass is 376 g/mol. The molecule has 1 heterocycles. The van der Waals surface area contributed by atoms with Crippen LogP contribution in [-0.2, 0) is 14.8 Å². The molecule has 0 fully saturated rings. The Morgan fingerprint density at radius 2 is 1.77 bits per heavy atom. The number of carbonyl (C=O) groups is 1. The number of anilines is 2. The van der Waals surface area contributed by atoms with Crippen LogP contribution in [0.25, 0.3) is 0 Å². The van der Waals surface area contributed by atoms with Crippen LogP contribution >= 0.6 is 0 Å². The minimum atomic E-state index is -3.82. The van der Waals surface area contributed by atoms with Gasteiger partial charge in [-0.25, -0.2) is 8.42 Å². The number of benzene rings is 2. The molecule has 1 aliphatic rings. The van der Waals surface area contributed by atoms with Crippen LogP contribution in [0, 0.1) is 6.92 Å². The summed E-state index contributed by atoms with van der Waals surface area (Å²) in [4.78, 5) is 11.7. The summed E-state index contributed by atoms with van der Waals surface area (Å²) in [6, 6.07) is 9.54. The zero-order chi connectivity index (χ0) is 18.7. The summed E-state index contributed by atoms with van der Waals surface area (Å²) in [6.07, 6.45) is 0.340. The molecule has 2 N–H and O–H groups in total. The van der Waals surface area contributed by atoms with Crippen molar-refractivity contribution >= 4 is 27.3 Å². The van der Waals surface area contributed by atoms with Gasteiger partial charge in [-0.05, 0) is 36.8 Å². The SMILES string of the molecule is CCC(=O)Nc1cccc(NS(=O)(=O)c2ccc3c(c2)OCCO3)c1C. The van der Waals surface area contributed by atoms with Crippen molar-refractivity contribution in [2.24, 2.45) is 0 Å². The predicted molar refractivity (Wildman–Crippen MR) is 98.3 cm³/mol. The molecule has 0 spiro atoms. The van der Waals surface area contributed by atoms with Gasteiger partial charge in [-0.2, -0.15) is 0 Å². The molecular formula is C18H20N2O5S. The fourth-order valence-electron chi connectivity index (χ4n) is 2.51. The Balaban J connectivity index is 1.88. The van der Waals surface area contributed by atoms with Gasteiger partial charge in [0.1, 0.15) is 13.2 Å². The molecule has 0 aromatic heterocycles. The first kappa shape index (κ1) is 18.1. The highest BCUT2D eigenvalue weighted by Gasteiger charge is 2.20. The van der Waals surface area contributed by atoms with E-state index in [2.05, 4.69) is 10.0 Å². The Labute approximate surface area is 152 Å². The van der Waals surface area contributed by atoms with Crippen molar-refractivity contribution in [2.75, 3.05) is 23.3 Å². The average Bonchev–Trinajstić information content (AvgIpc) is 2.64.